The Kier molecular flexibility index (Phi) is 3.65. The fourth-order valence-electron chi connectivity index (χ4n) is 2.93. The van der Waals surface area contributed by atoms with Crippen LogP contribution in [-0.4, -0.2) is 50.3 Å². The summed E-state index contributed by atoms with van der Waals surface area (Å²) in [7, 11) is 4.01. The van der Waals surface area contributed by atoms with Crippen LogP contribution in [0.25, 0.3) is 0 Å². The number of alkyl halides is 2. The molecule has 1 aliphatic rings. The Balaban J connectivity index is 3.01. The first-order chi connectivity index (χ1) is 7.11. The summed E-state index contributed by atoms with van der Waals surface area (Å²) in [5, 5.41) is 0. The molecule has 0 aliphatic carbocycles. The summed E-state index contributed by atoms with van der Waals surface area (Å²) in [4.78, 5) is 0. The molecule has 1 heterocycles. The maximum atomic E-state index is 14.0. The van der Waals surface area contributed by atoms with Crippen molar-refractivity contribution >= 4 is 0 Å². The highest BCUT2D eigenvalue weighted by Crippen LogP contribution is 2.41. The number of rotatable bonds is 2. The van der Waals surface area contributed by atoms with Gasteiger partial charge in [0.25, 0.3) is 5.92 Å². The molecule has 0 amide bonds. The Morgan fingerprint density at radius 2 is 1.88 bits per heavy atom. The van der Waals surface area contributed by atoms with Gasteiger partial charge in [0.15, 0.2) is 0 Å². The number of quaternary nitrogens is 1. The summed E-state index contributed by atoms with van der Waals surface area (Å²) >= 11 is 0. The quantitative estimate of drug-likeness (QED) is 0.669. The highest BCUT2D eigenvalue weighted by Gasteiger charge is 2.54. The Labute approximate surface area is 97.2 Å². The summed E-state index contributed by atoms with van der Waals surface area (Å²) in [6, 6.07) is 0. The van der Waals surface area contributed by atoms with Crippen molar-refractivity contribution in [2.24, 2.45) is 5.41 Å². The number of halogens is 2. The van der Waals surface area contributed by atoms with E-state index < -0.39 is 17.4 Å². The van der Waals surface area contributed by atoms with Crippen molar-refractivity contribution < 1.29 is 18.0 Å². The lowest BCUT2D eigenvalue weighted by molar-refractivity contribution is -0.895. The molecule has 1 aliphatic heterocycles. The van der Waals surface area contributed by atoms with Crippen molar-refractivity contribution in [1.82, 2.24) is 0 Å². The molecule has 0 bridgehead atoms. The highest BCUT2D eigenvalue weighted by molar-refractivity contribution is 4.92. The van der Waals surface area contributed by atoms with Crippen LogP contribution >= 0.6 is 0 Å². The molecule has 1 fully saturated rings. The third-order valence-electron chi connectivity index (χ3n) is 3.31. The van der Waals surface area contributed by atoms with E-state index in [-0.39, 0.29) is 6.42 Å². The molecule has 1 saturated heterocycles. The molecule has 2 nitrogen and oxygen atoms in total. The number of ether oxygens (including phenoxy) is 1. The molecule has 16 heavy (non-hydrogen) atoms. The largest absolute Gasteiger partial charge is 0.371 e. The van der Waals surface area contributed by atoms with Crippen LogP contribution in [0.1, 0.15) is 27.2 Å². The number of hydrogen-bond donors (Lipinski definition) is 0. The summed E-state index contributed by atoms with van der Waals surface area (Å²) < 4.78 is 34.0. The van der Waals surface area contributed by atoms with Crippen LogP contribution in [0.2, 0.25) is 0 Å². The van der Waals surface area contributed by atoms with Crippen LogP contribution in [0, 0.1) is 5.41 Å². The smallest absolute Gasteiger partial charge is 0.279 e. The lowest BCUT2D eigenvalue weighted by Gasteiger charge is -2.38. The Morgan fingerprint density at radius 3 is 2.38 bits per heavy atom. The maximum Gasteiger partial charge on any atom is 0.279 e. The molecule has 0 aromatic carbocycles. The predicted octanol–water partition coefficient (Wildman–Crippen LogP) is 2.53. The van der Waals surface area contributed by atoms with Gasteiger partial charge in [-0.2, -0.15) is 0 Å². The van der Waals surface area contributed by atoms with Gasteiger partial charge in [0.2, 0.25) is 0 Å². The van der Waals surface area contributed by atoms with E-state index in [1.54, 1.807) is 6.92 Å². The molecule has 1 unspecified atom stereocenters. The van der Waals surface area contributed by atoms with Gasteiger partial charge in [-0.3, -0.25) is 0 Å². The molecular formula is C12H24F2NO+. The Bertz CT molecular complexity index is 251. The SMILES string of the molecule is CCOC1C(C)(C)C[N+](C)(C)CCC1(F)F. The molecule has 4 heteroatoms. The molecule has 0 saturated carbocycles. The van der Waals surface area contributed by atoms with Crippen LogP contribution in [0.5, 0.6) is 0 Å². The minimum atomic E-state index is -2.72. The minimum Gasteiger partial charge on any atom is -0.371 e. The van der Waals surface area contributed by atoms with Crippen molar-refractivity contribution in [3.63, 3.8) is 0 Å². The second kappa shape index (κ2) is 4.22. The van der Waals surface area contributed by atoms with Crippen molar-refractivity contribution in [3.05, 3.63) is 0 Å². The Hall–Kier alpha value is -0.220. The maximum absolute atomic E-state index is 14.0. The van der Waals surface area contributed by atoms with Gasteiger partial charge in [0.1, 0.15) is 6.10 Å². The highest BCUT2D eigenvalue weighted by atomic mass is 19.3. The fourth-order valence-corrected chi connectivity index (χ4v) is 2.93. The van der Waals surface area contributed by atoms with Gasteiger partial charge in [-0.1, -0.05) is 13.8 Å². The number of likely N-dealkylation sites (tertiary alicyclic amines) is 1. The first-order valence-corrected chi connectivity index (χ1v) is 5.92. The van der Waals surface area contributed by atoms with Crippen LogP contribution in [0.15, 0.2) is 0 Å². The zero-order valence-electron chi connectivity index (χ0n) is 11.0. The average molecular weight is 236 g/mol. The van der Waals surface area contributed by atoms with E-state index in [2.05, 4.69) is 0 Å². The monoisotopic (exact) mass is 236 g/mol. The zero-order chi connectivity index (χ0) is 12.6. The molecule has 0 spiro atoms. The molecule has 0 aromatic heterocycles. The molecule has 0 N–H and O–H groups in total. The van der Waals surface area contributed by atoms with Gasteiger partial charge < -0.3 is 9.22 Å². The van der Waals surface area contributed by atoms with Crippen molar-refractivity contribution in [2.45, 2.75) is 39.2 Å². The summed E-state index contributed by atoms with van der Waals surface area (Å²) in [5.74, 6) is -2.72. The summed E-state index contributed by atoms with van der Waals surface area (Å²) in [6.45, 7) is 7.10. The molecule has 0 aromatic rings. The van der Waals surface area contributed by atoms with Gasteiger partial charge in [-0.25, -0.2) is 8.78 Å². The number of hydrogen-bond acceptors (Lipinski definition) is 1. The standard InChI is InChI=1S/C12H24F2NO/c1-6-16-10-11(2,3)9-15(4,5)8-7-12(10,13)14/h10H,6-9H2,1-5H3/q+1. The van der Waals surface area contributed by atoms with Crippen LogP contribution in [0.3, 0.4) is 0 Å². The van der Waals surface area contributed by atoms with Gasteiger partial charge in [-0.15, -0.1) is 0 Å². The fraction of sp³-hybridized carbons (Fsp3) is 1.00. The van der Waals surface area contributed by atoms with Crippen molar-refractivity contribution in [3.8, 4) is 0 Å². The predicted molar refractivity (Wildman–Crippen MR) is 60.6 cm³/mol. The third kappa shape index (κ3) is 2.92. The zero-order valence-corrected chi connectivity index (χ0v) is 11.0. The van der Waals surface area contributed by atoms with Crippen molar-refractivity contribution in [2.75, 3.05) is 33.8 Å². The van der Waals surface area contributed by atoms with E-state index >= 15 is 0 Å². The summed E-state index contributed by atoms with van der Waals surface area (Å²) in [5.41, 5.74) is -0.500. The van der Waals surface area contributed by atoms with Gasteiger partial charge >= 0.3 is 0 Å². The first kappa shape index (κ1) is 13.8. The minimum absolute atomic E-state index is 0.0892. The molecular weight excluding hydrogens is 212 g/mol. The third-order valence-corrected chi connectivity index (χ3v) is 3.31. The van der Waals surface area contributed by atoms with E-state index in [0.29, 0.717) is 24.2 Å². The molecule has 1 rings (SSSR count). The normalized spacial score (nSPS) is 32.1. The molecule has 1 atom stereocenters. The van der Waals surface area contributed by atoms with E-state index in [0.717, 1.165) is 0 Å². The van der Waals surface area contributed by atoms with Crippen LogP contribution in [0.4, 0.5) is 8.78 Å². The first-order valence-electron chi connectivity index (χ1n) is 5.92. The van der Waals surface area contributed by atoms with E-state index in [1.807, 2.05) is 27.9 Å². The van der Waals surface area contributed by atoms with Gasteiger partial charge in [-0.05, 0) is 6.92 Å². The average Bonchev–Trinajstić information content (AvgIpc) is 2.13. The second-order valence-electron chi connectivity index (χ2n) is 6.15. The number of nitrogens with zero attached hydrogens (tertiary/aromatic N) is 1. The molecule has 0 radical (unpaired) electrons. The topological polar surface area (TPSA) is 9.23 Å². The van der Waals surface area contributed by atoms with E-state index in [4.69, 9.17) is 4.74 Å². The van der Waals surface area contributed by atoms with Crippen molar-refractivity contribution in [1.29, 1.82) is 0 Å². The Morgan fingerprint density at radius 1 is 1.31 bits per heavy atom. The lowest BCUT2D eigenvalue weighted by Crippen LogP contribution is -2.50. The molecule has 96 valence electrons. The van der Waals surface area contributed by atoms with Gasteiger partial charge in [0, 0.05) is 12.0 Å². The van der Waals surface area contributed by atoms with Crippen LogP contribution in [-0.2, 0) is 4.74 Å². The lowest BCUT2D eigenvalue weighted by atomic mass is 9.82. The summed E-state index contributed by atoms with van der Waals surface area (Å²) in [6.07, 6.45) is -1.06. The van der Waals surface area contributed by atoms with Gasteiger partial charge in [0.05, 0.1) is 33.6 Å². The van der Waals surface area contributed by atoms with Crippen LogP contribution < -0.4 is 0 Å². The van der Waals surface area contributed by atoms with E-state index in [9.17, 15) is 8.78 Å². The van der Waals surface area contributed by atoms with E-state index in [1.165, 1.54) is 0 Å². The second-order valence-corrected chi connectivity index (χ2v) is 6.15.